The minimum Gasteiger partial charge on any atom is -0.355 e. The van der Waals surface area contributed by atoms with E-state index in [0.717, 1.165) is 30.9 Å². The maximum Gasteiger partial charge on any atom is 0.175 e. The van der Waals surface area contributed by atoms with Crippen molar-refractivity contribution in [1.82, 2.24) is 5.32 Å². The highest BCUT2D eigenvalue weighted by Crippen LogP contribution is 2.26. The van der Waals surface area contributed by atoms with Crippen LogP contribution in [0, 0.1) is 0 Å². The molecule has 0 radical (unpaired) electrons. The third-order valence-electron chi connectivity index (χ3n) is 3.70. The summed E-state index contributed by atoms with van der Waals surface area (Å²) in [6.45, 7) is 1.89. The van der Waals surface area contributed by atoms with Crippen LogP contribution in [0.4, 0.5) is 11.4 Å². The van der Waals surface area contributed by atoms with Crippen molar-refractivity contribution >= 4 is 21.2 Å². The van der Waals surface area contributed by atoms with Crippen molar-refractivity contribution in [1.29, 1.82) is 0 Å². The van der Waals surface area contributed by atoms with Gasteiger partial charge in [-0.1, -0.05) is 12.1 Å². The molecule has 1 heterocycles. The van der Waals surface area contributed by atoms with Gasteiger partial charge in [0.25, 0.3) is 0 Å². The first kappa shape index (κ1) is 14.1. The van der Waals surface area contributed by atoms with Crippen LogP contribution in [0.1, 0.15) is 11.1 Å². The Labute approximate surface area is 125 Å². The Bertz CT molecular complexity index is 752. The van der Waals surface area contributed by atoms with Crippen LogP contribution in [0.15, 0.2) is 47.4 Å². The minimum absolute atomic E-state index is 0.340. The summed E-state index contributed by atoms with van der Waals surface area (Å²) in [4.78, 5) is 0.340. The summed E-state index contributed by atoms with van der Waals surface area (Å²) in [5.74, 6) is 0. The predicted octanol–water partition coefficient (Wildman–Crippen LogP) is 2.48. The molecule has 110 valence electrons. The number of sulfone groups is 1. The summed E-state index contributed by atoms with van der Waals surface area (Å²) in [6.07, 6.45) is 2.22. The number of benzene rings is 2. The lowest BCUT2D eigenvalue weighted by molar-refractivity contribution is 0.602. The van der Waals surface area contributed by atoms with Gasteiger partial charge in [-0.05, 0) is 54.4 Å². The van der Waals surface area contributed by atoms with Crippen molar-refractivity contribution in [2.24, 2.45) is 0 Å². The molecule has 1 aliphatic rings. The molecule has 1 aliphatic heterocycles. The first-order valence-corrected chi connectivity index (χ1v) is 8.82. The number of nitrogens with one attached hydrogen (secondary N) is 2. The Morgan fingerprint density at radius 2 is 1.86 bits per heavy atom. The van der Waals surface area contributed by atoms with Gasteiger partial charge in [0.15, 0.2) is 9.84 Å². The number of hydrogen-bond acceptors (Lipinski definition) is 4. The molecule has 0 spiro atoms. The van der Waals surface area contributed by atoms with Gasteiger partial charge in [-0.15, -0.1) is 0 Å². The van der Waals surface area contributed by atoms with Gasteiger partial charge >= 0.3 is 0 Å². The second-order valence-electron chi connectivity index (χ2n) is 5.29. The van der Waals surface area contributed by atoms with E-state index in [1.807, 2.05) is 6.07 Å². The predicted molar refractivity (Wildman–Crippen MR) is 84.7 cm³/mol. The van der Waals surface area contributed by atoms with E-state index in [-0.39, 0.29) is 0 Å². The summed E-state index contributed by atoms with van der Waals surface area (Å²) < 4.78 is 22.9. The third kappa shape index (κ3) is 3.09. The van der Waals surface area contributed by atoms with E-state index in [1.54, 1.807) is 24.3 Å². The van der Waals surface area contributed by atoms with Gasteiger partial charge in [-0.25, -0.2) is 8.42 Å². The molecule has 0 fully saturated rings. The van der Waals surface area contributed by atoms with Crippen molar-refractivity contribution in [3.63, 3.8) is 0 Å². The SMILES string of the molecule is CS(=O)(=O)c1ccc(Nc2cccc3c2CCNC3)cc1. The summed E-state index contributed by atoms with van der Waals surface area (Å²) in [7, 11) is -3.14. The fourth-order valence-electron chi connectivity index (χ4n) is 2.59. The normalized spacial score (nSPS) is 14.5. The summed E-state index contributed by atoms with van der Waals surface area (Å²) in [5.41, 5.74) is 4.65. The molecule has 2 aromatic rings. The Morgan fingerprint density at radius 1 is 1.10 bits per heavy atom. The molecule has 3 rings (SSSR count). The van der Waals surface area contributed by atoms with Crippen molar-refractivity contribution in [3.05, 3.63) is 53.6 Å². The smallest absolute Gasteiger partial charge is 0.175 e. The van der Waals surface area contributed by atoms with Crippen LogP contribution < -0.4 is 10.6 Å². The van der Waals surface area contributed by atoms with Crippen LogP contribution in [-0.2, 0) is 22.8 Å². The highest BCUT2D eigenvalue weighted by atomic mass is 32.2. The molecule has 0 saturated heterocycles. The Morgan fingerprint density at radius 3 is 2.57 bits per heavy atom. The number of rotatable bonds is 3. The minimum atomic E-state index is -3.14. The molecule has 0 unspecified atom stereocenters. The van der Waals surface area contributed by atoms with E-state index in [4.69, 9.17) is 0 Å². The number of anilines is 2. The maximum atomic E-state index is 11.5. The van der Waals surface area contributed by atoms with E-state index < -0.39 is 9.84 Å². The van der Waals surface area contributed by atoms with Gasteiger partial charge in [0.1, 0.15) is 0 Å². The molecule has 2 aromatic carbocycles. The molecular formula is C16H18N2O2S. The first-order valence-electron chi connectivity index (χ1n) is 6.93. The van der Waals surface area contributed by atoms with Crippen LogP contribution in [-0.4, -0.2) is 21.2 Å². The lowest BCUT2D eigenvalue weighted by Crippen LogP contribution is -2.24. The van der Waals surface area contributed by atoms with E-state index in [2.05, 4.69) is 22.8 Å². The van der Waals surface area contributed by atoms with Gasteiger partial charge in [0, 0.05) is 24.2 Å². The third-order valence-corrected chi connectivity index (χ3v) is 4.83. The molecule has 0 amide bonds. The zero-order valence-corrected chi connectivity index (χ0v) is 12.7. The van der Waals surface area contributed by atoms with Crippen LogP contribution >= 0.6 is 0 Å². The van der Waals surface area contributed by atoms with E-state index >= 15 is 0 Å². The molecule has 0 aromatic heterocycles. The summed E-state index contributed by atoms with van der Waals surface area (Å²) in [5, 5.41) is 6.75. The van der Waals surface area contributed by atoms with Gasteiger partial charge in [-0.2, -0.15) is 0 Å². The van der Waals surface area contributed by atoms with Crippen molar-refractivity contribution in [2.75, 3.05) is 18.1 Å². The second-order valence-corrected chi connectivity index (χ2v) is 7.31. The Hall–Kier alpha value is -1.85. The van der Waals surface area contributed by atoms with Gasteiger partial charge in [-0.3, -0.25) is 0 Å². The van der Waals surface area contributed by atoms with E-state index in [1.165, 1.54) is 17.4 Å². The monoisotopic (exact) mass is 302 g/mol. The highest BCUT2D eigenvalue weighted by Gasteiger charge is 2.12. The number of hydrogen-bond donors (Lipinski definition) is 2. The average molecular weight is 302 g/mol. The molecule has 0 aliphatic carbocycles. The van der Waals surface area contributed by atoms with E-state index in [0.29, 0.717) is 4.90 Å². The van der Waals surface area contributed by atoms with Crippen LogP contribution in [0.3, 0.4) is 0 Å². The van der Waals surface area contributed by atoms with Crippen molar-refractivity contribution < 1.29 is 8.42 Å². The fourth-order valence-corrected chi connectivity index (χ4v) is 3.22. The van der Waals surface area contributed by atoms with Crippen LogP contribution in [0.25, 0.3) is 0 Å². The van der Waals surface area contributed by atoms with Gasteiger partial charge in [0.05, 0.1) is 4.90 Å². The summed E-state index contributed by atoms with van der Waals surface area (Å²) in [6, 6.07) is 13.1. The van der Waals surface area contributed by atoms with Crippen molar-refractivity contribution in [3.8, 4) is 0 Å². The molecule has 2 N–H and O–H groups in total. The lowest BCUT2D eigenvalue weighted by atomic mass is 9.99. The number of fused-ring (bicyclic) bond motifs is 1. The Kier molecular flexibility index (Phi) is 3.69. The average Bonchev–Trinajstić information content (AvgIpc) is 2.47. The topological polar surface area (TPSA) is 58.2 Å². The zero-order chi connectivity index (χ0) is 14.9. The van der Waals surface area contributed by atoms with Gasteiger partial charge in [0.2, 0.25) is 0 Å². The molecule has 0 saturated carbocycles. The molecule has 4 nitrogen and oxygen atoms in total. The largest absolute Gasteiger partial charge is 0.355 e. The molecule has 0 bridgehead atoms. The molecule has 21 heavy (non-hydrogen) atoms. The van der Waals surface area contributed by atoms with E-state index in [9.17, 15) is 8.42 Å². The first-order chi connectivity index (χ1) is 10.0. The van der Waals surface area contributed by atoms with Gasteiger partial charge < -0.3 is 10.6 Å². The molecular weight excluding hydrogens is 284 g/mol. The highest BCUT2D eigenvalue weighted by molar-refractivity contribution is 7.90. The Balaban J connectivity index is 1.87. The zero-order valence-electron chi connectivity index (χ0n) is 11.9. The van der Waals surface area contributed by atoms with Crippen LogP contribution in [0.5, 0.6) is 0 Å². The second kappa shape index (κ2) is 5.50. The molecule has 5 heteroatoms. The van der Waals surface area contributed by atoms with Crippen molar-refractivity contribution in [2.45, 2.75) is 17.9 Å². The quantitative estimate of drug-likeness (QED) is 0.914. The molecule has 0 atom stereocenters. The van der Waals surface area contributed by atoms with Crippen LogP contribution in [0.2, 0.25) is 0 Å². The fraction of sp³-hybridized carbons (Fsp3) is 0.250. The maximum absolute atomic E-state index is 11.5. The lowest BCUT2D eigenvalue weighted by Gasteiger charge is -2.21. The standard InChI is InChI=1S/C16H18N2O2S/c1-21(19,20)14-7-5-13(6-8-14)18-16-4-2-3-12-11-17-10-9-15(12)16/h2-8,17-18H,9-11H2,1H3. The summed E-state index contributed by atoms with van der Waals surface area (Å²) >= 11 is 0.